The zero-order valence-corrected chi connectivity index (χ0v) is 12.3. The average Bonchev–Trinajstić information content (AvgIpc) is 3.20. The number of furan rings is 1. The van der Waals surface area contributed by atoms with Gasteiger partial charge in [-0.25, -0.2) is 0 Å². The Morgan fingerprint density at radius 3 is 2.75 bits per heavy atom. The van der Waals surface area contributed by atoms with Crippen molar-refractivity contribution in [3.63, 3.8) is 0 Å². The van der Waals surface area contributed by atoms with Crippen LogP contribution >= 0.6 is 22.7 Å². The molecule has 0 unspecified atom stereocenters. The molecule has 3 heterocycles. The standard InChI is InChI=1S/C15H13NO2S2/c17-15(14-4-2-7-20-14)16(9-12-5-8-19-11-12)10-13-3-1-6-18-13/h1-8,11H,9-10H2. The van der Waals surface area contributed by atoms with E-state index in [0.717, 1.165) is 16.2 Å². The summed E-state index contributed by atoms with van der Waals surface area (Å²) in [5.41, 5.74) is 1.14. The molecular formula is C15H13NO2S2. The Hall–Kier alpha value is -1.85. The van der Waals surface area contributed by atoms with Crippen molar-refractivity contribution >= 4 is 28.6 Å². The highest BCUT2D eigenvalue weighted by molar-refractivity contribution is 7.12. The van der Waals surface area contributed by atoms with Crippen molar-refractivity contribution in [1.29, 1.82) is 0 Å². The van der Waals surface area contributed by atoms with E-state index in [9.17, 15) is 4.79 Å². The number of nitrogens with zero attached hydrogens (tertiary/aromatic N) is 1. The number of amides is 1. The largest absolute Gasteiger partial charge is 0.467 e. The van der Waals surface area contributed by atoms with Crippen molar-refractivity contribution < 1.29 is 9.21 Å². The van der Waals surface area contributed by atoms with Gasteiger partial charge in [-0.15, -0.1) is 11.3 Å². The number of carbonyl (C=O) groups excluding carboxylic acids is 1. The predicted molar refractivity (Wildman–Crippen MR) is 80.9 cm³/mol. The fourth-order valence-electron chi connectivity index (χ4n) is 1.95. The summed E-state index contributed by atoms with van der Waals surface area (Å²) >= 11 is 3.11. The molecule has 0 aliphatic heterocycles. The first-order chi connectivity index (χ1) is 9.83. The highest BCUT2D eigenvalue weighted by Crippen LogP contribution is 2.18. The SMILES string of the molecule is O=C(c1cccs1)N(Cc1ccsc1)Cc1ccco1. The number of hydrogen-bond donors (Lipinski definition) is 0. The Labute approximate surface area is 125 Å². The van der Waals surface area contributed by atoms with E-state index in [1.807, 2.05) is 46.0 Å². The number of thiophene rings is 2. The minimum atomic E-state index is 0.0441. The lowest BCUT2D eigenvalue weighted by molar-refractivity contribution is 0.0723. The van der Waals surface area contributed by atoms with Crippen molar-refractivity contribution in [1.82, 2.24) is 4.90 Å². The molecule has 0 N–H and O–H groups in total. The van der Waals surface area contributed by atoms with E-state index in [2.05, 4.69) is 5.38 Å². The van der Waals surface area contributed by atoms with Gasteiger partial charge >= 0.3 is 0 Å². The smallest absolute Gasteiger partial charge is 0.264 e. The second kappa shape index (κ2) is 6.07. The fourth-order valence-corrected chi connectivity index (χ4v) is 3.30. The summed E-state index contributed by atoms with van der Waals surface area (Å²) in [5, 5.41) is 6.01. The van der Waals surface area contributed by atoms with Crippen LogP contribution in [-0.2, 0) is 13.1 Å². The van der Waals surface area contributed by atoms with E-state index >= 15 is 0 Å². The number of rotatable bonds is 5. The minimum Gasteiger partial charge on any atom is -0.467 e. The molecule has 3 aromatic heterocycles. The van der Waals surface area contributed by atoms with Crippen LogP contribution in [0.5, 0.6) is 0 Å². The molecule has 0 radical (unpaired) electrons. The molecule has 3 rings (SSSR count). The normalized spacial score (nSPS) is 10.6. The van der Waals surface area contributed by atoms with Crippen LogP contribution in [0, 0.1) is 0 Å². The van der Waals surface area contributed by atoms with Crippen LogP contribution in [0.25, 0.3) is 0 Å². The minimum absolute atomic E-state index is 0.0441. The van der Waals surface area contributed by atoms with Crippen LogP contribution in [0.15, 0.2) is 57.2 Å². The van der Waals surface area contributed by atoms with Crippen molar-refractivity contribution in [3.05, 3.63) is 68.9 Å². The fraction of sp³-hybridized carbons (Fsp3) is 0.133. The lowest BCUT2D eigenvalue weighted by Gasteiger charge is -2.20. The Morgan fingerprint density at radius 2 is 2.10 bits per heavy atom. The van der Waals surface area contributed by atoms with Gasteiger partial charge in [0.05, 0.1) is 17.7 Å². The van der Waals surface area contributed by atoms with E-state index in [0.29, 0.717) is 13.1 Å². The van der Waals surface area contributed by atoms with Crippen LogP contribution in [0.1, 0.15) is 21.0 Å². The molecule has 0 aliphatic carbocycles. The number of carbonyl (C=O) groups is 1. The third-order valence-electron chi connectivity index (χ3n) is 2.90. The van der Waals surface area contributed by atoms with Crippen LogP contribution in [0.3, 0.4) is 0 Å². The molecule has 0 saturated carbocycles. The predicted octanol–water partition coefficient (Wildman–Crippen LogP) is 4.25. The first-order valence-corrected chi connectivity index (χ1v) is 8.01. The van der Waals surface area contributed by atoms with Gasteiger partial charge in [0.1, 0.15) is 5.76 Å². The van der Waals surface area contributed by atoms with Crippen molar-refractivity contribution in [2.45, 2.75) is 13.1 Å². The molecule has 3 aromatic rings. The molecule has 1 amide bonds. The summed E-state index contributed by atoms with van der Waals surface area (Å²) in [4.78, 5) is 15.1. The van der Waals surface area contributed by atoms with Gasteiger partial charge in [0.15, 0.2) is 0 Å². The third-order valence-corrected chi connectivity index (χ3v) is 4.49. The Morgan fingerprint density at radius 1 is 1.15 bits per heavy atom. The van der Waals surface area contributed by atoms with E-state index in [4.69, 9.17) is 4.42 Å². The van der Waals surface area contributed by atoms with E-state index < -0.39 is 0 Å². The molecule has 0 saturated heterocycles. The molecule has 0 spiro atoms. The van der Waals surface area contributed by atoms with Crippen molar-refractivity contribution in [2.75, 3.05) is 0 Å². The van der Waals surface area contributed by atoms with Gasteiger partial charge < -0.3 is 9.32 Å². The Kier molecular flexibility index (Phi) is 3.99. The zero-order chi connectivity index (χ0) is 13.8. The second-order valence-electron chi connectivity index (χ2n) is 4.35. The summed E-state index contributed by atoms with van der Waals surface area (Å²) in [7, 11) is 0. The van der Waals surface area contributed by atoms with E-state index in [1.165, 1.54) is 11.3 Å². The molecule has 0 fully saturated rings. The van der Waals surface area contributed by atoms with Crippen LogP contribution in [-0.4, -0.2) is 10.8 Å². The van der Waals surface area contributed by atoms with Gasteiger partial charge in [0.2, 0.25) is 0 Å². The molecular weight excluding hydrogens is 290 g/mol. The average molecular weight is 303 g/mol. The molecule has 0 aliphatic rings. The highest BCUT2D eigenvalue weighted by atomic mass is 32.1. The molecule has 102 valence electrons. The summed E-state index contributed by atoms with van der Waals surface area (Å²) in [6.45, 7) is 1.08. The van der Waals surface area contributed by atoms with Gasteiger partial charge in [-0.05, 0) is 46.0 Å². The van der Waals surface area contributed by atoms with Crippen molar-refractivity contribution in [2.24, 2.45) is 0 Å². The molecule has 20 heavy (non-hydrogen) atoms. The summed E-state index contributed by atoms with van der Waals surface area (Å²) < 4.78 is 5.36. The monoisotopic (exact) mass is 303 g/mol. The maximum atomic E-state index is 12.6. The lowest BCUT2D eigenvalue weighted by atomic mass is 10.2. The maximum absolute atomic E-state index is 12.6. The molecule has 5 heteroatoms. The first kappa shape index (κ1) is 13.1. The van der Waals surface area contributed by atoms with Gasteiger partial charge in [-0.2, -0.15) is 11.3 Å². The highest BCUT2D eigenvalue weighted by Gasteiger charge is 2.18. The summed E-state index contributed by atoms with van der Waals surface area (Å²) in [6.07, 6.45) is 1.63. The Balaban J connectivity index is 1.81. The topological polar surface area (TPSA) is 33.5 Å². The molecule has 0 atom stereocenters. The van der Waals surface area contributed by atoms with Crippen molar-refractivity contribution in [3.8, 4) is 0 Å². The Bertz CT molecular complexity index is 606. The molecule has 0 bridgehead atoms. The first-order valence-electron chi connectivity index (χ1n) is 6.19. The summed E-state index contributed by atoms with van der Waals surface area (Å²) in [5.74, 6) is 0.840. The lowest BCUT2D eigenvalue weighted by Crippen LogP contribution is -2.29. The van der Waals surface area contributed by atoms with Gasteiger partial charge in [0.25, 0.3) is 5.91 Å². The molecule has 3 nitrogen and oxygen atoms in total. The third kappa shape index (κ3) is 3.00. The van der Waals surface area contributed by atoms with Gasteiger partial charge in [-0.3, -0.25) is 4.79 Å². The quantitative estimate of drug-likeness (QED) is 0.706. The van der Waals surface area contributed by atoms with E-state index in [1.54, 1.807) is 17.6 Å². The van der Waals surface area contributed by atoms with E-state index in [-0.39, 0.29) is 5.91 Å². The zero-order valence-electron chi connectivity index (χ0n) is 10.7. The second-order valence-corrected chi connectivity index (χ2v) is 6.08. The van der Waals surface area contributed by atoms with Gasteiger partial charge in [-0.1, -0.05) is 6.07 Å². The summed E-state index contributed by atoms with van der Waals surface area (Å²) in [6, 6.07) is 9.53. The maximum Gasteiger partial charge on any atom is 0.264 e. The number of hydrogen-bond acceptors (Lipinski definition) is 4. The van der Waals surface area contributed by atoms with Crippen LogP contribution in [0.2, 0.25) is 0 Å². The van der Waals surface area contributed by atoms with Crippen LogP contribution < -0.4 is 0 Å². The molecule has 0 aromatic carbocycles. The van der Waals surface area contributed by atoms with Gasteiger partial charge in [0, 0.05) is 6.54 Å². The van der Waals surface area contributed by atoms with Crippen LogP contribution in [0.4, 0.5) is 0 Å².